The van der Waals surface area contributed by atoms with Gasteiger partial charge in [0.2, 0.25) is 11.7 Å². The number of aryl methyl sites for hydroxylation is 1. The molecule has 7 N–H and O–H groups in total. The van der Waals surface area contributed by atoms with Gasteiger partial charge in [-0.2, -0.15) is 8.78 Å². The molecule has 0 saturated heterocycles. The summed E-state index contributed by atoms with van der Waals surface area (Å²) in [5, 5.41) is 20.1. The topological polar surface area (TPSA) is 189 Å². The average molecular weight is 726 g/mol. The molecule has 3 atom stereocenters. The van der Waals surface area contributed by atoms with Crippen molar-refractivity contribution >= 4 is 39.0 Å². The van der Waals surface area contributed by atoms with E-state index in [0.717, 1.165) is 34.6 Å². The number of halogens is 2. The fourth-order valence-electron chi connectivity index (χ4n) is 4.09. The van der Waals surface area contributed by atoms with E-state index in [2.05, 4.69) is 21.3 Å². The number of amides is 4. The maximum Gasteiger partial charge on any atom is 0.407 e. The fourth-order valence-corrected chi connectivity index (χ4v) is 4.09. The number of alkyl halides is 2. The highest BCUT2D eigenvalue weighted by Gasteiger charge is 2.27. The Morgan fingerprint density at radius 3 is 1.84 bits per heavy atom. The van der Waals surface area contributed by atoms with Crippen LogP contribution in [-0.2, 0) is 32.1 Å². The number of hydrogen-bond acceptors (Lipinski definition) is 7. The smallest absolute Gasteiger partial charge is 0.407 e. The lowest BCUT2D eigenvalue weighted by molar-refractivity contribution is -0.139. The Bertz CT molecular complexity index is 1260. The number of urea groups is 1. The van der Waals surface area contributed by atoms with Crippen molar-refractivity contribution < 1.29 is 42.6 Å². The number of rotatable bonds is 20. The van der Waals surface area contributed by atoms with Crippen LogP contribution in [-0.4, -0.2) is 72.3 Å². The van der Waals surface area contributed by atoms with E-state index in [1.165, 1.54) is 5.56 Å². The summed E-state index contributed by atoms with van der Waals surface area (Å²) in [5.74, 6) is -2.62. The van der Waals surface area contributed by atoms with Gasteiger partial charge in [-0.3, -0.25) is 9.59 Å². The quantitative estimate of drug-likeness (QED) is 0.0798. The summed E-state index contributed by atoms with van der Waals surface area (Å²) in [5.41, 5.74) is 4.30. The van der Waals surface area contributed by atoms with Gasteiger partial charge < -0.3 is 36.8 Å². The standard InChI is InChI=1S/C30H43N5O6.C3H5F2OP.C2H6/c31-19-9-7-18-26(28(37)38)35-29(39)34-25(27(36)32-21-11-16-23-12-3-1-4-13-23)17-8-10-20-33-30(40)41-22-24-14-5-2-6-15-24;1-2(6)3(4,5)7;1-2/h1-6,12-15,25-26H,7-11,16-22,31H2,(H,32,36)(H,33,40)(H,37,38)(H2,34,35,39);7H2,1H3;1-2H3/t25-,26+;;/m1../s1. The van der Waals surface area contributed by atoms with Gasteiger partial charge in [-0.05, 0) is 69.0 Å². The molecule has 0 radical (unpaired) electrons. The first-order chi connectivity index (χ1) is 23.8. The lowest BCUT2D eigenvalue weighted by Gasteiger charge is -2.21. The van der Waals surface area contributed by atoms with Gasteiger partial charge >= 0.3 is 23.8 Å². The predicted molar refractivity (Wildman–Crippen MR) is 193 cm³/mol. The molecule has 15 heteroatoms. The van der Waals surface area contributed by atoms with Crippen molar-refractivity contribution in [1.82, 2.24) is 21.3 Å². The van der Waals surface area contributed by atoms with Gasteiger partial charge in [0.15, 0.2) is 0 Å². The van der Waals surface area contributed by atoms with E-state index in [1.807, 2.05) is 74.5 Å². The molecule has 2 aromatic carbocycles. The maximum absolute atomic E-state index is 12.9. The predicted octanol–water partition coefficient (Wildman–Crippen LogP) is 5.15. The minimum absolute atomic E-state index is 0.168. The first-order valence-corrected chi connectivity index (χ1v) is 17.3. The zero-order valence-electron chi connectivity index (χ0n) is 29.2. The number of carboxylic acids is 1. The number of hydrogen-bond donors (Lipinski definition) is 6. The Balaban J connectivity index is 0.00000237. The highest BCUT2D eigenvalue weighted by atomic mass is 31.0. The number of nitrogens with two attached hydrogens (primary N) is 1. The molecular weight excluding hydrogens is 671 g/mol. The number of alkyl carbamates (subject to hydrolysis) is 1. The molecule has 0 heterocycles. The number of nitrogens with one attached hydrogen (secondary N) is 4. The van der Waals surface area contributed by atoms with Gasteiger partial charge in [0, 0.05) is 20.0 Å². The normalized spacial score (nSPS) is 11.6. The minimum atomic E-state index is -3.22. The summed E-state index contributed by atoms with van der Waals surface area (Å²) in [6.07, 6.45) is 3.83. The first-order valence-electron chi connectivity index (χ1n) is 16.8. The Labute approximate surface area is 296 Å². The molecule has 0 saturated carbocycles. The Morgan fingerprint density at radius 2 is 1.30 bits per heavy atom. The molecule has 2 rings (SSSR count). The largest absolute Gasteiger partial charge is 0.480 e. The Kier molecular flexibility index (Phi) is 25.3. The second kappa shape index (κ2) is 27.6. The molecule has 0 spiro atoms. The van der Waals surface area contributed by atoms with Crippen molar-refractivity contribution in [3.63, 3.8) is 0 Å². The lowest BCUT2D eigenvalue weighted by Crippen LogP contribution is -2.53. The number of Topliss-reactive ketones (excluding diaryl/α,β-unsaturated/α-hetero) is 1. The molecule has 0 bridgehead atoms. The fraction of sp³-hybridized carbons (Fsp3) is 0.514. The van der Waals surface area contributed by atoms with Gasteiger partial charge in [-0.25, -0.2) is 14.4 Å². The minimum Gasteiger partial charge on any atom is -0.480 e. The van der Waals surface area contributed by atoms with Crippen molar-refractivity contribution in [2.24, 2.45) is 5.73 Å². The van der Waals surface area contributed by atoms with E-state index in [-0.39, 0.29) is 18.9 Å². The summed E-state index contributed by atoms with van der Waals surface area (Å²) in [7, 11) is 1.15. The van der Waals surface area contributed by atoms with Crippen LogP contribution < -0.4 is 27.0 Å². The molecule has 280 valence electrons. The third-order valence-electron chi connectivity index (χ3n) is 6.83. The molecule has 0 aliphatic rings. The number of unbranched alkanes of at least 4 members (excludes halogenated alkanes) is 2. The van der Waals surface area contributed by atoms with Crippen molar-refractivity contribution in [3.05, 3.63) is 71.8 Å². The second-order valence-corrected chi connectivity index (χ2v) is 11.6. The van der Waals surface area contributed by atoms with Crippen molar-refractivity contribution in [1.29, 1.82) is 0 Å². The van der Waals surface area contributed by atoms with E-state index in [0.29, 0.717) is 51.7 Å². The molecule has 2 aromatic rings. The summed E-state index contributed by atoms with van der Waals surface area (Å²) in [6.45, 7) is 6.21. The third kappa shape index (κ3) is 23.2. The van der Waals surface area contributed by atoms with Crippen LogP contribution >= 0.6 is 9.24 Å². The van der Waals surface area contributed by atoms with Gasteiger partial charge in [-0.1, -0.05) is 83.8 Å². The highest BCUT2D eigenvalue weighted by Crippen LogP contribution is 2.21. The average Bonchev–Trinajstić information content (AvgIpc) is 3.09. The molecule has 0 aromatic heterocycles. The Hall–Kier alpha value is -4.16. The molecule has 4 amide bonds. The summed E-state index contributed by atoms with van der Waals surface area (Å²) in [4.78, 5) is 58.8. The van der Waals surface area contributed by atoms with Crippen molar-refractivity contribution in [2.75, 3.05) is 19.6 Å². The lowest BCUT2D eigenvalue weighted by atomic mass is 10.1. The van der Waals surface area contributed by atoms with Crippen LogP contribution in [0.15, 0.2) is 60.7 Å². The van der Waals surface area contributed by atoms with Crippen LogP contribution in [0.4, 0.5) is 18.4 Å². The Morgan fingerprint density at radius 1 is 0.800 bits per heavy atom. The molecule has 0 aliphatic carbocycles. The molecule has 12 nitrogen and oxygen atoms in total. The molecule has 50 heavy (non-hydrogen) atoms. The zero-order chi connectivity index (χ0) is 37.8. The second-order valence-electron chi connectivity index (χ2n) is 10.9. The number of carbonyl (C=O) groups excluding carboxylic acids is 4. The van der Waals surface area contributed by atoms with Crippen molar-refractivity contribution in [2.45, 2.75) is 96.5 Å². The van der Waals surface area contributed by atoms with Crippen LogP contribution in [0.5, 0.6) is 0 Å². The van der Waals surface area contributed by atoms with Crippen LogP contribution in [0.3, 0.4) is 0 Å². The van der Waals surface area contributed by atoms with E-state index < -0.39 is 41.6 Å². The van der Waals surface area contributed by atoms with Gasteiger partial charge in [0.1, 0.15) is 18.7 Å². The van der Waals surface area contributed by atoms with Crippen molar-refractivity contribution in [3.8, 4) is 0 Å². The van der Waals surface area contributed by atoms with Crippen LogP contribution in [0, 0.1) is 0 Å². The number of carbonyl (C=O) groups is 5. The van der Waals surface area contributed by atoms with Crippen LogP contribution in [0.25, 0.3) is 0 Å². The summed E-state index contributed by atoms with van der Waals surface area (Å²) < 4.78 is 28.1. The molecule has 1 unspecified atom stereocenters. The van der Waals surface area contributed by atoms with Crippen LogP contribution in [0.2, 0.25) is 0 Å². The van der Waals surface area contributed by atoms with Gasteiger partial charge in [0.05, 0.1) is 0 Å². The number of carboxylic acid groups (broad SMARTS) is 1. The van der Waals surface area contributed by atoms with Gasteiger partial charge in [0.25, 0.3) is 0 Å². The first kappa shape index (κ1) is 45.8. The summed E-state index contributed by atoms with van der Waals surface area (Å²) in [6, 6.07) is 16.6. The van der Waals surface area contributed by atoms with Gasteiger partial charge in [-0.15, -0.1) is 0 Å². The zero-order valence-corrected chi connectivity index (χ0v) is 30.4. The number of ketones is 1. The third-order valence-corrected chi connectivity index (χ3v) is 7.23. The molecular formula is C35H54F2N5O7P. The number of aliphatic carboxylic acids is 1. The highest BCUT2D eigenvalue weighted by molar-refractivity contribution is 7.20. The van der Waals surface area contributed by atoms with E-state index >= 15 is 0 Å². The monoisotopic (exact) mass is 725 g/mol. The van der Waals surface area contributed by atoms with E-state index in [4.69, 9.17) is 10.5 Å². The maximum atomic E-state index is 12.9. The molecule has 0 aliphatic heterocycles. The number of benzene rings is 2. The number of ether oxygens (including phenoxy) is 1. The molecule has 0 fully saturated rings. The van der Waals surface area contributed by atoms with E-state index in [9.17, 15) is 37.9 Å². The van der Waals surface area contributed by atoms with Crippen LogP contribution in [0.1, 0.15) is 76.8 Å². The van der Waals surface area contributed by atoms with E-state index in [1.54, 1.807) is 0 Å². The SMILES string of the molecule is CC.CC(=O)C(F)(F)P.NCCCC[C@H](NC(=O)N[C@H](CCCCNC(=O)OCc1ccccc1)C(=O)NCCCc1ccccc1)C(=O)O. The summed E-state index contributed by atoms with van der Waals surface area (Å²) >= 11 is 0.